The summed E-state index contributed by atoms with van der Waals surface area (Å²) in [6.45, 7) is 23.7. The molecule has 0 aliphatic carbocycles. The first-order valence-corrected chi connectivity index (χ1v) is 22.7. The van der Waals surface area contributed by atoms with E-state index < -0.39 is 35.5 Å². The maximum atomic E-state index is 14.2. The van der Waals surface area contributed by atoms with Crippen molar-refractivity contribution in [3.05, 3.63) is 72.3 Å². The Morgan fingerprint density at radius 2 is 1.38 bits per heavy atom. The largest absolute Gasteiger partial charge is 0.444 e. The van der Waals surface area contributed by atoms with Crippen molar-refractivity contribution in [3.63, 3.8) is 0 Å². The van der Waals surface area contributed by atoms with Gasteiger partial charge in [0.2, 0.25) is 11.8 Å². The predicted molar refractivity (Wildman–Crippen MR) is 255 cm³/mol. The van der Waals surface area contributed by atoms with E-state index in [0.717, 1.165) is 65.2 Å². The van der Waals surface area contributed by atoms with E-state index in [0.29, 0.717) is 25.9 Å². The van der Waals surface area contributed by atoms with Gasteiger partial charge in [-0.1, -0.05) is 89.1 Å². The first-order valence-electron chi connectivity index (χ1n) is 22.7. The summed E-state index contributed by atoms with van der Waals surface area (Å²) in [5, 5.41) is 3.57. The Hall–Kier alpha value is -5.66. The van der Waals surface area contributed by atoms with Crippen molar-refractivity contribution in [2.24, 2.45) is 16.8 Å². The predicted octanol–water partition coefficient (Wildman–Crippen LogP) is 9.24. The number of aromatic nitrogens is 2. The molecule has 0 bridgehead atoms. The first kappa shape index (κ1) is 51.0. The van der Waals surface area contributed by atoms with Crippen LogP contribution in [0.15, 0.2) is 65.9 Å². The Morgan fingerprint density at radius 1 is 0.859 bits per heavy atom. The van der Waals surface area contributed by atoms with E-state index >= 15 is 0 Å². The molecular weight excluding hydrogens is 809 g/mol. The highest BCUT2D eigenvalue weighted by Gasteiger charge is 2.40. The van der Waals surface area contributed by atoms with Gasteiger partial charge < -0.3 is 29.6 Å². The molecule has 1 aliphatic rings. The molecule has 0 saturated carbocycles. The molecule has 14 nitrogen and oxygen atoms in total. The summed E-state index contributed by atoms with van der Waals surface area (Å²) in [7, 11) is 5.06. The van der Waals surface area contributed by atoms with Crippen LogP contribution in [0.4, 0.5) is 9.59 Å². The van der Waals surface area contributed by atoms with Crippen LogP contribution in [0.2, 0.25) is 0 Å². The zero-order chi connectivity index (χ0) is 47.5. The van der Waals surface area contributed by atoms with E-state index in [9.17, 15) is 19.2 Å². The van der Waals surface area contributed by atoms with Gasteiger partial charge in [-0.2, -0.15) is 0 Å². The van der Waals surface area contributed by atoms with Crippen molar-refractivity contribution in [2.45, 2.75) is 137 Å². The van der Waals surface area contributed by atoms with Crippen molar-refractivity contribution in [1.82, 2.24) is 34.9 Å². The van der Waals surface area contributed by atoms with Crippen LogP contribution in [0.25, 0.3) is 28.1 Å². The number of carbonyl (C=O) groups is 4. The molecule has 5 atom stereocenters. The molecule has 0 radical (unpaired) electrons. The number of ether oxygens (including phenoxy) is 2. The van der Waals surface area contributed by atoms with E-state index in [1.54, 1.807) is 32.2 Å². The summed E-state index contributed by atoms with van der Waals surface area (Å²) in [4.78, 5) is 72.3. The lowest BCUT2D eigenvalue weighted by atomic mass is 9.96. The third-order valence-electron chi connectivity index (χ3n) is 11.8. The molecule has 2 heterocycles. The van der Waals surface area contributed by atoms with Gasteiger partial charge in [-0.3, -0.25) is 24.4 Å². The van der Waals surface area contributed by atoms with Crippen molar-refractivity contribution >= 4 is 36.4 Å². The van der Waals surface area contributed by atoms with Gasteiger partial charge in [0.15, 0.2) is 0 Å². The van der Waals surface area contributed by atoms with Gasteiger partial charge in [-0.15, -0.1) is 0 Å². The minimum Gasteiger partial charge on any atom is -0.444 e. The molecule has 1 aliphatic heterocycles. The number of benzene rings is 2. The molecule has 1 saturated heterocycles. The van der Waals surface area contributed by atoms with Crippen LogP contribution in [0.1, 0.15) is 113 Å². The van der Waals surface area contributed by atoms with E-state index in [-0.39, 0.29) is 29.8 Å². The molecular formula is C50H74N8O6. The molecule has 64 heavy (non-hydrogen) atoms. The van der Waals surface area contributed by atoms with E-state index in [4.69, 9.17) is 9.47 Å². The zero-order valence-electron chi connectivity index (χ0n) is 40.7. The fraction of sp³-hybridized carbons (Fsp3) is 0.560. The number of H-pyrrole nitrogens is 1. The van der Waals surface area contributed by atoms with Gasteiger partial charge in [0.1, 0.15) is 35.3 Å². The fourth-order valence-electron chi connectivity index (χ4n) is 7.88. The Labute approximate surface area is 381 Å². The van der Waals surface area contributed by atoms with Crippen molar-refractivity contribution < 1.29 is 28.7 Å². The average molecular weight is 883 g/mol. The molecule has 4 amide bonds. The quantitative estimate of drug-likeness (QED) is 0.120. The van der Waals surface area contributed by atoms with E-state index in [1.807, 2.05) is 92.5 Å². The summed E-state index contributed by atoms with van der Waals surface area (Å²) in [5.74, 6) is 0.501. The van der Waals surface area contributed by atoms with Crippen LogP contribution in [0.5, 0.6) is 0 Å². The zero-order valence-corrected chi connectivity index (χ0v) is 40.7. The van der Waals surface area contributed by atoms with Crippen LogP contribution >= 0.6 is 0 Å². The molecule has 0 spiro atoms. The van der Waals surface area contributed by atoms with Crippen molar-refractivity contribution in [1.29, 1.82) is 0 Å². The summed E-state index contributed by atoms with van der Waals surface area (Å²) in [6.07, 6.45) is 6.61. The van der Waals surface area contributed by atoms with Crippen LogP contribution in [0.3, 0.4) is 0 Å². The number of aryl methyl sites for hydroxylation is 1. The Morgan fingerprint density at radius 3 is 1.91 bits per heavy atom. The molecule has 4 rings (SSSR count). The lowest BCUT2D eigenvalue weighted by Crippen LogP contribution is -2.56. The van der Waals surface area contributed by atoms with Crippen LogP contribution in [0, 0.1) is 11.8 Å². The molecule has 3 aromatic rings. The highest BCUT2D eigenvalue weighted by molar-refractivity contribution is 5.87. The van der Waals surface area contributed by atoms with E-state index in [2.05, 4.69) is 63.4 Å². The smallest absolute Gasteiger partial charge is 0.410 e. The monoisotopic (exact) mass is 883 g/mol. The van der Waals surface area contributed by atoms with Crippen molar-refractivity contribution in [2.75, 3.05) is 34.2 Å². The van der Waals surface area contributed by atoms with Gasteiger partial charge in [-0.25, -0.2) is 14.6 Å². The van der Waals surface area contributed by atoms with Crippen LogP contribution in [-0.4, -0.2) is 124 Å². The third kappa shape index (κ3) is 13.7. The van der Waals surface area contributed by atoms with Gasteiger partial charge >= 0.3 is 12.2 Å². The number of amides is 4. The lowest BCUT2D eigenvalue weighted by molar-refractivity contribution is -0.139. The number of hydrogen-bond acceptors (Lipinski definition) is 9. The molecule has 1 fully saturated rings. The highest BCUT2D eigenvalue weighted by atomic mass is 16.6. The molecule has 14 heteroatoms. The number of likely N-dealkylation sites (N-methyl/N-ethyl adjacent to an activating group) is 3. The SMILES string of the molecule is C=N/C=C(\NC1CCCN1C(=O)[C@H]([C@@H](C)CC)N(C)C(=O)OC(C)(C)C)c1ccc(-c2ccc(-c3cnc(CCCN(C)C(=O)[C@H]([C@@H](C)CC)N(C)C(=O)OC(C)(C)C)[nH]3)cc2)cc1. The van der Waals surface area contributed by atoms with Gasteiger partial charge in [0, 0.05) is 46.9 Å². The van der Waals surface area contributed by atoms with E-state index in [1.165, 1.54) is 9.80 Å². The summed E-state index contributed by atoms with van der Waals surface area (Å²) >= 11 is 0. The van der Waals surface area contributed by atoms with Gasteiger partial charge in [0.05, 0.1) is 17.6 Å². The molecule has 1 aromatic heterocycles. The number of hydrogen-bond donors (Lipinski definition) is 2. The number of aromatic amines is 1. The van der Waals surface area contributed by atoms with Crippen LogP contribution < -0.4 is 5.32 Å². The lowest BCUT2D eigenvalue weighted by Gasteiger charge is -2.37. The minimum atomic E-state index is -0.677. The van der Waals surface area contributed by atoms with Crippen molar-refractivity contribution in [3.8, 4) is 22.4 Å². The second-order valence-electron chi connectivity index (χ2n) is 19.2. The Balaban J connectivity index is 1.38. The second kappa shape index (κ2) is 22.3. The summed E-state index contributed by atoms with van der Waals surface area (Å²) in [5.41, 5.74) is 4.31. The third-order valence-corrected chi connectivity index (χ3v) is 11.8. The standard InChI is InChI=1S/C50H74N8O6/c1-15-33(3)43(56(13)47(61)63-49(5,6)7)45(59)55(12)29-17-19-41-52-32-40(53-41)38-27-23-36(24-28-38)35-21-25-37(26-22-35)39(31-51-11)54-42-20-18-30-58(42)46(60)44(34(4)16-2)57(14)48(62)64-50(8,9)10/h21-28,31-34,42-44,54H,11,15-20,29-30H2,1-10,12-14H3,(H,52,53)/b39-31-/t33-,34-,42?,43-,44-/m0/s1. The number of nitrogens with zero attached hydrogens (tertiary/aromatic N) is 6. The van der Waals surface area contributed by atoms with Gasteiger partial charge in [-0.05, 0) is 102 Å². The molecule has 2 N–H and O–H groups in total. The Kier molecular flexibility index (Phi) is 17.8. The number of nitrogens with one attached hydrogen (secondary N) is 2. The second-order valence-corrected chi connectivity index (χ2v) is 19.2. The molecule has 350 valence electrons. The summed E-state index contributed by atoms with van der Waals surface area (Å²) in [6, 6.07) is 15.2. The number of carbonyl (C=O) groups excluding carboxylic acids is 4. The number of imidazole rings is 1. The molecule has 2 aromatic carbocycles. The summed E-state index contributed by atoms with van der Waals surface area (Å²) < 4.78 is 11.2. The topological polar surface area (TPSA) is 153 Å². The average Bonchev–Trinajstić information content (AvgIpc) is 3.92. The number of aliphatic imine (C=N–C) groups is 1. The normalized spacial score (nSPS) is 16.3. The van der Waals surface area contributed by atoms with Crippen LogP contribution in [-0.2, 0) is 25.5 Å². The first-order chi connectivity index (χ1) is 30.1. The molecule has 1 unspecified atom stereocenters. The van der Waals surface area contributed by atoms with Gasteiger partial charge in [0.25, 0.3) is 0 Å². The Bertz CT molecular complexity index is 2070. The number of rotatable bonds is 18. The number of likely N-dealkylation sites (tertiary alicyclic amines) is 1. The fourth-order valence-corrected chi connectivity index (χ4v) is 7.88. The maximum Gasteiger partial charge on any atom is 0.410 e. The minimum absolute atomic E-state index is 0.0391. The maximum absolute atomic E-state index is 14.2. The highest BCUT2D eigenvalue weighted by Crippen LogP contribution is 2.29.